The van der Waals surface area contributed by atoms with E-state index in [9.17, 15) is 0 Å². The number of hydrogen-bond acceptors (Lipinski definition) is 3. The van der Waals surface area contributed by atoms with Crippen LogP contribution >= 0.6 is 0 Å². The van der Waals surface area contributed by atoms with Crippen LogP contribution in [0.1, 0.15) is 74.2 Å². The zero-order valence-electron chi connectivity index (χ0n) is 19.8. The van der Waals surface area contributed by atoms with Crippen molar-refractivity contribution in [3.8, 4) is 0 Å². The third-order valence-electron chi connectivity index (χ3n) is 5.58. The monoisotopic (exact) mass is 405 g/mol. The van der Waals surface area contributed by atoms with Crippen LogP contribution < -0.4 is 10.3 Å². The Hall–Kier alpha value is -2.55. The molecule has 0 fully saturated rings. The first kappa shape index (κ1) is 23.7. The van der Waals surface area contributed by atoms with Crippen LogP contribution in [0.5, 0.6) is 0 Å². The summed E-state index contributed by atoms with van der Waals surface area (Å²) < 4.78 is 0. The van der Waals surface area contributed by atoms with Crippen molar-refractivity contribution in [1.82, 2.24) is 5.32 Å². The van der Waals surface area contributed by atoms with Crippen LogP contribution in [0.2, 0.25) is 0 Å². The summed E-state index contributed by atoms with van der Waals surface area (Å²) in [6, 6.07) is 15.5. The number of benzene rings is 2. The summed E-state index contributed by atoms with van der Waals surface area (Å²) in [5.74, 6) is 0. The molecular weight excluding hydrogens is 366 g/mol. The minimum absolute atomic E-state index is 0.201. The lowest BCUT2D eigenvalue weighted by Crippen LogP contribution is -2.19. The van der Waals surface area contributed by atoms with Gasteiger partial charge in [-0.25, -0.2) is 0 Å². The van der Waals surface area contributed by atoms with Crippen molar-refractivity contribution in [1.29, 1.82) is 0 Å². The summed E-state index contributed by atoms with van der Waals surface area (Å²) in [6.07, 6.45) is 6.39. The Morgan fingerprint density at radius 3 is 2.13 bits per heavy atom. The molecule has 0 saturated carbocycles. The molecule has 1 heterocycles. The van der Waals surface area contributed by atoms with Crippen LogP contribution in [0, 0.1) is 20.8 Å². The van der Waals surface area contributed by atoms with Crippen molar-refractivity contribution in [3.63, 3.8) is 0 Å². The van der Waals surface area contributed by atoms with Crippen LogP contribution in [0.25, 0.3) is 0 Å². The zero-order valence-corrected chi connectivity index (χ0v) is 19.8. The standard InChI is InChI=1S/C21H25N3.C6H14/c1-14-6-9-18(10-7-14)21-13-19(17(4)22-5)23-24(21)20-11-8-15(2)12-16(20)3;1-3-5-6-4-2/h6-12,21-22H,4,13H2,1-3,5H3;3-6H2,1-2H3. The third kappa shape index (κ3) is 6.22. The van der Waals surface area contributed by atoms with Crippen molar-refractivity contribution in [2.75, 3.05) is 12.1 Å². The highest BCUT2D eigenvalue weighted by atomic mass is 15.5. The smallest absolute Gasteiger partial charge is 0.0859 e. The second-order valence-electron chi connectivity index (χ2n) is 8.25. The molecule has 1 aliphatic rings. The van der Waals surface area contributed by atoms with Gasteiger partial charge in [-0.3, -0.25) is 5.01 Å². The highest BCUT2D eigenvalue weighted by Gasteiger charge is 2.30. The van der Waals surface area contributed by atoms with Gasteiger partial charge in [0.05, 0.1) is 23.1 Å². The molecule has 0 saturated heterocycles. The van der Waals surface area contributed by atoms with Gasteiger partial charge in [-0.05, 0) is 38.0 Å². The topological polar surface area (TPSA) is 27.6 Å². The lowest BCUT2D eigenvalue weighted by Gasteiger charge is -2.25. The predicted molar refractivity (Wildman–Crippen MR) is 132 cm³/mol. The minimum Gasteiger partial charge on any atom is -0.387 e. The molecule has 30 heavy (non-hydrogen) atoms. The molecule has 2 aromatic rings. The van der Waals surface area contributed by atoms with E-state index < -0.39 is 0 Å². The Bertz CT molecular complexity index is 845. The summed E-state index contributed by atoms with van der Waals surface area (Å²) >= 11 is 0. The first-order chi connectivity index (χ1) is 14.4. The highest BCUT2D eigenvalue weighted by molar-refractivity contribution is 6.02. The predicted octanol–water partition coefficient (Wildman–Crippen LogP) is 7.24. The van der Waals surface area contributed by atoms with E-state index in [1.165, 1.54) is 47.9 Å². The molecule has 0 spiro atoms. The maximum Gasteiger partial charge on any atom is 0.0859 e. The van der Waals surface area contributed by atoms with E-state index >= 15 is 0 Å². The van der Waals surface area contributed by atoms with E-state index in [1.54, 1.807) is 0 Å². The SMILES string of the molecule is C=C(NC)C1=NN(c2ccc(C)cc2C)C(c2ccc(C)cc2)C1.CCCCCC. The van der Waals surface area contributed by atoms with Crippen molar-refractivity contribution < 1.29 is 0 Å². The fraction of sp³-hybridized carbons (Fsp3) is 0.444. The molecule has 3 nitrogen and oxygen atoms in total. The van der Waals surface area contributed by atoms with E-state index in [0.717, 1.165) is 23.5 Å². The molecule has 0 amide bonds. The average molecular weight is 406 g/mol. The summed E-state index contributed by atoms with van der Waals surface area (Å²) in [5, 5.41) is 10.2. The largest absolute Gasteiger partial charge is 0.387 e. The van der Waals surface area contributed by atoms with E-state index in [-0.39, 0.29) is 6.04 Å². The van der Waals surface area contributed by atoms with Gasteiger partial charge in [0.1, 0.15) is 0 Å². The Morgan fingerprint density at radius 1 is 1.00 bits per heavy atom. The summed E-state index contributed by atoms with van der Waals surface area (Å²) in [7, 11) is 1.89. The van der Waals surface area contributed by atoms with Crippen molar-refractivity contribution >= 4 is 11.4 Å². The zero-order chi connectivity index (χ0) is 22.1. The van der Waals surface area contributed by atoms with Crippen LogP contribution in [0.15, 0.2) is 59.8 Å². The van der Waals surface area contributed by atoms with E-state index in [2.05, 4.69) is 94.0 Å². The molecule has 0 aromatic heterocycles. The Kier molecular flexibility index (Phi) is 9.16. The number of nitrogens with zero attached hydrogens (tertiary/aromatic N) is 2. The lowest BCUT2D eigenvalue weighted by molar-refractivity contribution is 0.702. The molecule has 1 N–H and O–H groups in total. The highest BCUT2D eigenvalue weighted by Crippen LogP contribution is 2.37. The second-order valence-corrected chi connectivity index (χ2v) is 8.25. The molecule has 0 radical (unpaired) electrons. The number of unbranched alkanes of at least 4 members (excludes halogenated alkanes) is 3. The Balaban J connectivity index is 0.000000469. The number of hydrazone groups is 1. The van der Waals surface area contributed by atoms with E-state index in [1.807, 2.05) is 7.05 Å². The average Bonchev–Trinajstić information content (AvgIpc) is 3.17. The van der Waals surface area contributed by atoms with Crippen molar-refractivity contribution in [3.05, 3.63) is 77.0 Å². The normalized spacial score (nSPS) is 15.3. The number of anilines is 1. The van der Waals surface area contributed by atoms with Crippen LogP contribution in [-0.4, -0.2) is 12.8 Å². The summed E-state index contributed by atoms with van der Waals surface area (Å²) in [5.41, 5.74) is 8.13. The van der Waals surface area contributed by atoms with Gasteiger partial charge in [0.15, 0.2) is 0 Å². The van der Waals surface area contributed by atoms with Crippen molar-refractivity contribution in [2.24, 2.45) is 5.10 Å². The summed E-state index contributed by atoms with van der Waals surface area (Å²) in [6.45, 7) is 14.9. The number of nitrogens with one attached hydrogen (secondary N) is 1. The van der Waals surface area contributed by atoms with Gasteiger partial charge in [0.2, 0.25) is 0 Å². The first-order valence-corrected chi connectivity index (χ1v) is 11.3. The van der Waals surface area contributed by atoms with E-state index in [0.29, 0.717) is 0 Å². The molecule has 1 aliphatic heterocycles. The second kappa shape index (κ2) is 11.6. The van der Waals surface area contributed by atoms with Gasteiger partial charge in [-0.15, -0.1) is 0 Å². The number of aryl methyl sites for hydroxylation is 3. The molecule has 2 aromatic carbocycles. The maximum atomic E-state index is 4.89. The number of rotatable bonds is 7. The Morgan fingerprint density at radius 2 is 1.60 bits per heavy atom. The number of allylic oxidation sites excluding steroid dienone is 1. The van der Waals surface area contributed by atoms with Crippen molar-refractivity contribution in [2.45, 2.75) is 72.8 Å². The van der Waals surface area contributed by atoms with Gasteiger partial charge in [0.25, 0.3) is 0 Å². The van der Waals surface area contributed by atoms with Gasteiger partial charge in [-0.2, -0.15) is 5.10 Å². The van der Waals surface area contributed by atoms with E-state index in [4.69, 9.17) is 5.10 Å². The Labute approximate surface area is 183 Å². The molecule has 0 bridgehead atoms. The first-order valence-electron chi connectivity index (χ1n) is 11.3. The molecule has 3 rings (SSSR count). The molecule has 0 aliphatic carbocycles. The van der Waals surface area contributed by atoms with Crippen LogP contribution in [0.3, 0.4) is 0 Å². The molecular formula is C27H39N3. The molecule has 1 atom stereocenters. The lowest BCUT2D eigenvalue weighted by atomic mass is 9.99. The fourth-order valence-corrected chi connectivity index (χ4v) is 3.67. The van der Waals surface area contributed by atoms with Gasteiger partial charge in [-0.1, -0.05) is 93.6 Å². The van der Waals surface area contributed by atoms with Gasteiger partial charge >= 0.3 is 0 Å². The molecule has 1 unspecified atom stereocenters. The number of hydrogen-bond donors (Lipinski definition) is 1. The van der Waals surface area contributed by atoms with Gasteiger partial charge in [0, 0.05) is 13.5 Å². The molecule has 162 valence electrons. The third-order valence-corrected chi connectivity index (χ3v) is 5.58. The summed E-state index contributed by atoms with van der Waals surface area (Å²) in [4.78, 5) is 0. The molecule has 3 heteroatoms. The maximum absolute atomic E-state index is 4.89. The van der Waals surface area contributed by atoms with Gasteiger partial charge < -0.3 is 5.32 Å². The van der Waals surface area contributed by atoms with Crippen LogP contribution in [0.4, 0.5) is 5.69 Å². The van der Waals surface area contributed by atoms with Crippen LogP contribution in [-0.2, 0) is 0 Å². The fourth-order valence-electron chi connectivity index (χ4n) is 3.67. The minimum atomic E-state index is 0.201. The quantitative estimate of drug-likeness (QED) is 0.492.